The van der Waals surface area contributed by atoms with E-state index in [9.17, 15) is 14.7 Å². The number of carbonyl (C=O) groups excluding carboxylic acids is 1. The third-order valence-electron chi connectivity index (χ3n) is 3.57. The number of esters is 1. The zero-order valence-electron chi connectivity index (χ0n) is 11.6. The van der Waals surface area contributed by atoms with Crippen molar-refractivity contribution in [2.75, 3.05) is 24.6 Å². The van der Waals surface area contributed by atoms with E-state index in [0.717, 1.165) is 0 Å². The number of rotatable bonds is 4. The molecule has 0 aliphatic carbocycles. The summed E-state index contributed by atoms with van der Waals surface area (Å²) in [5, 5.41) is 9.20. The lowest BCUT2D eigenvalue weighted by atomic mass is 9.90. The lowest BCUT2D eigenvalue weighted by Gasteiger charge is -2.20. The Labute approximate surface area is 117 Å². The van der Waals surface area contributed by atoms with Crippen molar-refractivity contribution in [1.29, 1.82) is 0 Å². The second-order valence-corrected chi connectivity index (χ2v) is 5.16. The van der Waals surface area contributed by atoms with Crippen LogP contribution in [0, 0.1) is 5.41 Å². The first-order valence-electron chi connectivity index (χ1n) is 6.58. The second kappa shape index (κ2) is 5.48. The Hall–Kier alpha value is -2.11. The number of pyridine rings is 1. The van der Waals surface area contributed by atoms with Crippen LogP contribution in [0.25, 0.3) is 0 Å². The maximum absolute atomic E-state index is 11.5. The van der Waals surface area contributed by atoms with Crippen molar-refractivity contribution < 1.29 is 19.4 Å². The normalized spacial score (nSPS) is 21.8. The minimum Gasteiger partial charge on any atom is -0.481 e. The fraction of sp³-hybridized carbons (Fsp3) is 0.500. The molecule has 0 saturated carbocycles. The summed E-state index contributed by atoms with van der Waals surface area (Å²) in [5.74, 6) is -0.505. The summed E-state index contributed by atoms with van der Waals surface area (Å²) in [6, 6.07) is 3.37. The summed E-state index contributed by atoms with van der Waals surface area (Å²) in [7, 11) is 0. The van der Waals surface area contributed by atoms with Crippen molar-refractivity contribution in [3.63, 3.8) is 0 Å². The Kier molecular flexibility index (Phi) is 3.92. The van der Waals surface area contributed by atoms with Gasteiger partial charge in [0.1, 0.15) is 5.82 Å². The van der Waals surface area contributed by atoms with Gasteiger partial charge in [0.05, 0.1) is 17.6 Å². The Morgan fingerprint density at radius 2 is 2.25 bits per heavy atom. The highest BCUT2D eigenvalue weighted by atomic mass is 16.5. The molecule has 1 unspecified atom stereocenters. The molecule has 6 nitrogen and oxygen atoms in total. The van der Waals surface area contributed by atoms with E-state index in [0.29, 0.717) is 37.5 Å². The average molecular weight is 278 g/mol. The van der Waals surface area contributed by atoms with Gasteiger partial charge in [0.15, 0.2) is 0 Å². The summed E-state index contributed by atoms with van der Waals surface area (Å²) < 4.78 is 4.89. The van der Waals surface area contributed by atoms with Gasteiger partial charge in [0.2, 0.25) is 0 Å². The number of carboxylic acids is 1. The van der Waals surface area contributed by atoms with Crippen LogP contribution in [-0.2, 0) is 9.53 Å². The minimum atomic E-state index is -0.789. The molecule has 1 aromatic heterocycles. The predicted octanol–water partition coefficient (Wildman–Crippen LogP) is 1.56. The van der Waals surface area contributed by atoms with Crippen molar-refractivity contribution in [2.45, 2.75) is 20.3 Å². The number of carboxylic acid groups (broad SMARTS) is 1. The van der Waals surface area contributed by atoms with Crippen molar-refractivity contribution in [1.82, 2.24) is 4.98 Å². The van der Waals surface area contributed by atoms with E-state index in [1.54, 1.807) is 26.0 Å². The molecule has 20 heavy (non-hydrogen) atoms. The fourth-order valence-corrected chi connectivity index (χ4v) is 2.24. The molecule has 1 aromatic rings. The van der Waals surface area contributed by atoms with Crippen LogP contribution in [0.15, 0.2) is 18.3 Å². The third kappa shape index (κ3) is 2.74. The lowest BCUT2D eigenvalue weighted by Crippen LogP contribution is -2.32. The summed E-state index contributed by atoms with van der Waals surface area (Å²) in [6.07, 6.45) is 2.05. The maximum Gasteiger partial charge on any atom is 0.339 e. The predicted molar refractivity (Wildman–Crippen MR) is 72.8 cm³/mol. The van der Waals surface area contributed by atoms with E-state index < -0.39 is 17.4 Å². The molecule has 0 amide bonds. The first-order chi connectivity index (χ1) is 9.46. The van der Waals surface area contributed by atoms with Crippen LogP contribution in [0.1, 0.15) is 30.6 Å². The van der Waals surface area contributed by atoms with Gasteiger partial charge in [0.25, 0.3) is 0 Å². The van der Waals surface area contributed by atoms with Crippen molar-refractivity contribution in [3.8, 4) is 0 Å². The van der Waals surface area contributed by atoms with Crippen LogP contribution in [0.3, 0.4) is 0 Å². The number of hydrogen-bond donors (Lipinski definition) is 1. The molecule has 0 spiro atoms. The van der Waals surface area contributed by atoms with Crippen LogP contribution in [0.4, 0.5) is 5.82 Å². The smallest absolute Gasteiger partial charge is 0.339 e. The zero-order chi connectivity index (χ0) is 14.8. The second-order valence-electron chi connectivity index (χ2n) is 5.16. The minimum absolute atomic E-state index is 0.323. The summed E-state index contributed by atoms with van der Waals surface area (Å²) in [5.41, 5.74) is -0.336. The topological polar surface area (TPSA) is 79.7 Å². The summed E-state index contributed by atoms with van der Waals surface area (Å²) in [6.45, 7) is 4.88. The van der Waals surface area contributed by atoms with Gasteiger partial charge in [-0.3, -0.25) is 4.79 Å². The summed E-state index contributed by atoms with van der Waals surface area (Å²) in [4.78, 5) is 28.9. The van der Waals surface area contributed by atoms with Crippen LogP contribution in [-0.4, -0.2) is 41.7 Å². The SMILES string of the molecule is CCOC(=O)c1ccc(N2CCC(C)(C(=O)O)C2)nc1. The molecule has 0 aromatic carbocycles. The highest BCUT2D eigenvalue weighted by Crippen LogP contribution is 2.32. The molecule has 6 heteroatoms. The molecule has 1 atom stereocenters. The van der Waals surface area contributed by atoms with Gasteiger partial charge in [-0.1, -0.05) is 0 Å². The molecule has 1 aliphatic rings. The van der Waals surface area contributed by atoms with Gasteiger partial charge in [-0.15, -0.1) is 0 Å². The first-order valence-corrected chi connectivity index (χ1v) is 6.58. The number of anilines is 1. The lowest BCUT2D eigenvalue weighted by molar-refractivity contribution is -0.146. The molecule has 1 aliphatic heterocycles. The van der Waals surface area contributed by atoms with Crippen molar-refractivity contribution in [3.05, 3.63) is 23.9 Å². The Morgan fingerprint density at radius 1 is 1.50 bits per heavy atom. The molecular weight excluding hydrogens is 260 g/mol. The largest absolute Gasteiger partial charge is 0.481 e. The highest BCUT2D eigenvalue weighted by Gasteiger charge is 2.40. The molecular formula is C14H18N2O4. The molecule has 1 fully saturated rings. The first kappa shape index (κ1) is 14.3. The molecule has 108 valence electrons. The van der Waals surface area contributed by atoms with E-state index in [1.807, 2.05) is 4.90 Å². The number of carbonyl (C=O) groups is 2. The number of aromatic nitrogens is 1. The Balaban J connectivity index is 2.08. The van der Waals surface area contributed by atoms with Crippen LogP contribution < -0.4 is 4.90 Å². The number of hydrogen-bond acceptors (Lipinski definition) is 5. The van der Waals surface area contributed by atoms with Gasteiger partial charge in [0, 0.05) is 19.3 Å². The van der Waals surface area contributed by atoms with Gasteiger partial charge in [-0.25, -0.2) is 9.78 Å². The van der Waals surface area contributed by atoms with Crippen LogP contribution in [0.5, 0.6) is 0 Å². The van der Waals surface area contributed by atoms with E-state index >= 15 is 0 Å². The standard InChI is InChI=1S/C14H18N2O4/c1-3-20-12(17)10-4-5-11(15-8-10)16-7-6-14(2,9-16)13(18)19/h4-5,8H,3,6-7,9H2,1-2H3,(H,18,19). The van der Waals surface area contributed by atoms with Crippen molar-refractivity contribution >= 4 is 17.8 Å². The highest BCUT2D eigenvalue weighted by molar-refractivity contribution is 5.89. The van der Waals surface area contributed by atoms with E-state index in [4.69, 9.17) is 4.74 Å². The molecule has 1 saturated heterocycles. The summed E-state index contributed by atoms with van der Waals surface area (Å²) >= 11 is 0. The van der Waals surface area contributed by atoms with Crippen molar-refractivity contribution in [2.24, 2.45) is 5.41 Å². The number of nitrogens with zero attached hydrogens (tertiary/aromatic N) is 2. The van der Waals surface area contributed by atoms with E-state index in [2.05, 4.69) is 4.98 Å². The molecule has 2 rings (SSSR count). The van der Waals surface area contributed by atoms with Gasteiger partial charge < -0.3 is 14.7 Å². The van der Waals surface area contributed by atoms with E-state index in [1.165, 1.54) is 6.20 Å². The van der Waals surface area contributed by atoms with Gasteiger partial charge in [-0.2, -0.15) is 0 Å². The van der Waals surface area contributed by atoms with Crippen LogP contribution in [0.2, 0.25) is 0 Å². The number of aliphatic carboxylic acids is 1. The zero-order valence-corrected chi connectivity index (χ0v) is 11.6. The van der Waals surface area contributed by atoms with Gasteiger partial charge >= 0.3 is 11.9 Å². The molecule has 0 radical (unpaired) electrons. The fourth-order valence-electron chi connectivity index (χ4n) is 2.24. The van der Waals surface area contributed by atoms with Gasteiger partial charge in [-0.05, 0) is 32.4 Å². The Bertz CT molecular complexity index is 514. The van der Waals surface area contributed by atoms with Crippen LogP contribution >= 0.6 is 0 Å². The molecule has 0 bridgehead atoms. The average Bonchev–Trinajstić information content (AvgIpc) is 2.83. The Morgan fingerprint density at radius 3 is 2.75 bits per heavy atom. The maximum atomic E-state index is 11.5. The molecule has 1 N–H and O–H groups in total. The quantitative estimate of drug-likeness (QED) is 0.842. The third-order valence-corrected chi connectivity index (χ3v) is 3.57. The number of ether oxygens (including phenoxy) is 1. The molecule has 2 heterocycles. The monoisotopic (exact) mass is 278 g/mol. The van der Waals surface area contributed by atoms with E-state index in [-0.39, 0.29) is 0 Å².